The molecule has 1 aliphatic carbocycles. The molecule has 2 atom stereocenters. The van der Waals surface area contributed by atoms with Gasteiger partial charge in [-0.25, -0.2) is 0 Å². The van der Waals surface area contributed by atoms with E-state index >= 15 is 0 Å². The molecule has 1 saturated carbocycles. The van der Waals surface area contributed by atoms with E-state index in [1.807, 2.05) is 30.3 Å². The van der Waals surface area contributed by atoms with Crippen LogP contribution in [0.4, 0.5) is 0 Å². The van der Waals surface area contributed by atoms with Gasteiger partial charge >= 0.3 is 0 Å². The monoisotopic (exact) mass is 259 g/mol. The third kappa shape index (κ3) is 2.96. The Morgan fingerprint density at radius 1 is 1.26 bits per heavy atom. The number of carbonyl (C=O) groups excluding carboxylic acids is 1. The van der Waals surface area contributed by atoms with Crippen molar-refractivity contribution in [2.75, 3.05) is 13.1 Å². The Labute approximate surface area is 114 Å². The van der Waals surface area contributed by atoms with E-state index in [2.05, 4.69) is 10.2 Å². The van der Waals surface area contributed by atoms with Gasteiger partial charge in [0.25, 0.3) is 0 Å². The first-order valence-electron chi connectivity index (χ1n) is 7.09. The molecule has 0 aromatic heterocycles. The standard InChI is InChI=1S/C15H21N3O/c16-14(11-4-2-1-3-5-11)15(19)17-12-8-9-18(10-12)13-6-7-13/h1-5,12-14H,6-10,16H2,(H,17,19)/t12?,14-/m0/s1. The van der Waals surface area contributed by atoms with E-state index in [4.69, 9.17) is 5.73 Å². The minimum Gasteiger partial charge on any atom is -0.350 e. The molecule has 4 heteroatoms. The number of benzene rings is 1. The normalized spacial score (nSPS) is 25.2. The van der Waals surface area contributed by atoms with E-state index in [-0.39, 0.29) is 11.9 Å². The molecule has 1 saturated heterocycles. The number of nitrogens with one attached hydrogen (secondary N) is 1. The lowest BCUT2D eigenvalue weighted by Crippen LogP contribution is -2.42. The summed E-state index contributed by atoms with van der Waals surface area (Å²) in [6.07, 6.45) is 3.69. The number of hydrogen-bond donors (Lipinski definition) is 2. The molecule has 1 aromatic rings. The third-order valence-corrected chi connectivity index (χ3v) is 4.07. The van der Waals surface area contributed by atoms with E-state index < -0.39 is 6.04 Å². The van der Waals surface area contributed by atoms with E-state index in [9.17, 15) is 4.79 Å². The molecule has 3 N–H and O–H groups in total. The second-order valence-corrected chi connectivity index (χ2v) is 5.61. The van der Waals surface area contributed by atoms with Crippen molar-refractivity contribution in [1.29, 1.82) is 0 Å². The quantitative estimate of drug-likeness (QED) is 0.849. The molecular weight excluding hydrogens is 238 g/mol. The van der Waals surface area contributed by atoms with Crippen LogP contribution in [0.25, 0.3) is 0 Å². The highest BCUT2D eigenvalue weighted by Gasteiger charge is 2.35. The Morgan fingerprint density at radius 2 is 2.00 bits per heavy atom. The Morgan fingerprint density at radius 3 is 2.68 bits per heavy atom. The molecule has 1 aliphatic heterocycles. The van der Waals surface area contributed by atoms with Crippen LogP contribution >= 0.6 is 0 Å². The molecule has 2 fully saturated rings. The predicted molar refractivity (Wildman–Crippen MR) is 74.5 cm³/mol. The number of nitrogens with two attached hydrogens (primary N) is 1. The molecule has 3 rings (SSSR count). The average molecular weight is 259 g/mol. The van der Waals surface area contributed by atoms with Crippen molar-refractivity contribution in [3.8, 4) is 0 Å². The minimum absolute atomic E-state index is 0.0613. The number of amides is 1. The fraction of sp³-hybridized carbons (Fsp3) is 0.533. The van der Waals surface area contributed by atoms with Crippen LogP contribution in [-0.4, -0.2) is 36.0 Å². The lowest BCUT2D eigenvalue weighted by molar-refractivity contribution is -0.123. The van der Waals surface area contributed by atoms with Crippen molar-refractivity contribution in [3.05, 3.63) is 35.9 Å². The lowest BCUT2D eigenvalue weighted by Gasteiger charge is -2.18. The van der Waals surface area contributed by atoms with Crippen LogP contribution in [0.2, 0.25) is 0 Å². The van der Waals surface area contributed by atoms with Crippen molar-refractivity contribution in [2.45, 2.75) is 37.4 Å². The third-order valence-electron chi connectivity index (χ3n) is 4.07. The first-order valence-corrected chi connectivity index (χ1v) is 7.09. The maximum absolute atomic E-state index is 12.1. The summed E-state index contributed by atoms with van der Waals surface area (Å²) in [7, 11) is 0. The highest BCUT2D eigenvalue weighted by Crippen LogP contribution is 2.29. The van der Waals surface area contributed by atoms with Crippen LogP contribution in [0.3, 0.4) is 0 Å². The molecule has 0 spiro atoms. The van der Waals surface area contributed by atoms with Gasteiger partial charge in [0.05, 0.1) is 0 Å². The molecule has 19 heavy (non-hydrogen) atoms. The highest BCUT2D eigenvalue weighted by atomic mass is 16.2. The van der Waals surface area contributed by atoms with E-state index in [0.29, 0.717) is 0 Å². The Balaban J connectivity index is 1.53. The molecule has 102 valence electrons. The number of hydrogen-bond acceptors (Lipinski definition) is 3. The summed E-state index contributed by atoms with van der Waals surface area (Å²) in [5.41, 5.74) is 6.87. The molecule has 1 amide bonds. The van der Waals surface area contributed by atoms with Crippen molar-refractivity contribution in [2.24, 2.45) is 5.73 Å². The van der Waals surface area contributed by atoms with Gasteiger partial charge in [0, 0.05) is 25.2 Å². The van der Waals surface area contributed by atoms with Crippen LogP contribution in [0.15, 0.2) is 30.3 Å². The Kier molecular flexibility index (Phi) is 3.53. The van der Waals surface area contributed by atoms with Crippen molar-refractivity contribution in [1.82, 2.24) is 10.2 Å². The maximum Gasteiger partial charge on any atom is 0.241 e. The van der Waals surface area contributed by atoms with Crippen LogP contribution < -0.4 is 11.1 Å². The first-order chi connectivity index (χ1) is 9.24. The number of rotatable bonds is 4. The molecule has 1 heterocycles. The molecule has 1 aromatic carbocycles. The average Bonchev–Trinajstić information content (AvgIpc) is 3.20. The zero-order valence-corrected chi connectivity index (χ0v) is 11.1. The number of nitrogens with zero attached hydrogens (tertiary/aromatic N) is 1. The smallest absolute Gasteiger partial charge is 0.241 e. The Hall–Kier alpha value is -1.39. The van der Waals surface area contributed by atoms with Crippen LogP contribution in [0.1, 0.15) is 30.9 Å². The molecular formula is C15H21N3O. The van der Waals surface area contributed by atoms with Crippen molar-refractivity contribution >= 4 is 5.91 Å². The number of likely N-dealkylation sites (tertiary alicyclic amines) is 1. The van der Waals surface area contributed by atoms with E-state index in [1.165, 1.54) is 12.8 Å². The maximum atomic E-state index is 12.1. The second-order valence-electron chi connectivity index (χ2n) is 5.61. The SMILES string of the molecule is N[C@H](C(=O)NC1CCN(C2CC2)C1)c1ccccc1. The van der Waals surface area contributed by atoms with Crippen molar-refractivity contribution in [3.63, 3.8) is 0 Å². The summed E-state index contributed by atoms with van der Waals surface area (Å²) in [5.74, 6) is -0.0613. The van der Waals surface area contributed by atoms with Gasteiger partial charge in [-0.15, -0.1) is 0 Å². The van der Waals surface area contributed by atoms with Gasteiger partial charge in [-0.3, -0.25) is 9.69 Å². The zero-order valence-electron chi connectivity index (χ0n) is 11.1. The van der Waals surface area contributed by atoms with Crippen molar-refractivity contribution < 1.29 is 4.79 Å². The minimum atomic E-state index is -0.559. The molecule has 0 bridgehead atoms. The van der Waals surface area contributed by atoms with E-state index in [0.717, 1.165) is 31.1 Å². The summed E-state index contributed by atoms with van der Waals surface area (Å²) in [6, 6.07) is 10.0. The van der Waals surface area contributed by atoms with Gasteiger partial charge in [0.2, 0.25) is 5.91 Å². The fourth-order valence-electron chi connectivity index (χ4n) is 2.78. The van der Waals surface area contributed by atoms with Gasteiger partial charge in [-0.05, 0) is 24.8 Å². The number of carbonyl (C=O) groups is 1. The predicted octanol–water partition coefficient (Wildman–Crippen LogP) is 1.04. The van der Waals surface area contributed by atoms with Gasteiger partial charge in [-0.1, -0.05) is 30.3 Å². The van der Waals surface area contributed by atoms with Crippen LogP contribution in [0.5, 0.6) is 0 Å². The zero-order chi connectivity index (χ0) is 13.2. The van der Waals surface area contributed by atoms with Crippen LogP contribution in [-0.2, 0) is 4.79 Å². The van der Waals surface area contributed by atoms with Gasteiger partial charge < -0.3 is 11.1 Å². The molecule has 2 aliphatic rings. The Bertz CT molecular complexity index is 444. The second kappa shape index (κ2) is 5.31. The van der Waals surface area contributed by atoms with Gasteiger partial charge in [0.1, 0.15) is 6.04 Å². The van der Waals surface area contributed by atoms with Gasteiger partial charge in [-0.2, -0.15) is 0 Å². The topological polar surface area (TPSA) is 58.4 Å². The summed E-state index contributed by atoms with van der Waals surface area (Å²) in [5, 5.41) is 3.08. The largest absolute Gasteiger partial charge is 0.350 e. The van der Waals surface area contributed by atoms with Gasteiger partial charge in [0.15, 0.2) is 0 Å². The summed E-state index contributed by atoms with van der Waals surface area (Å²) < 4.78 is 0. The summed E-state index contributed by atoms with van der Waals surface area (Å²) in [6.45, 7) is 2.09. The van der Waals surface area contributed by atoms with E-state index in [1.54, 1.807) is 0 Å². The lowest BCUT2D eigenvalue weighted by atomic mass is 10.1. The summed E-state index contributed by atoms with van der Waals surface area (Å²) in [4.78, 5) is 14.6. The molecule has 0 radical (unpaired) electrons. The molecule has 4 nitrogen and oxygen atoms in total. The first kappa shape index (κ1) is 12.6. The van der Waals surface area contributed by atoms with Crippen LogP contribution in [0, 0.1) is 0 Å². The molecule has 1 unspecified atom stereocenters. The highest BCUT2D eigenvalue weighted by molar-refractivity contribution is 5.83. The summed E-state index contributed by atoms with van der Waals surface area (Å²) >= 11 is 0. The fourth-order valence-corrected chi connectivity index (χ4v) is 2.78.